The largest absolute Gasteiger partial charge is 0.417 e. The molecule has 2 rings (SSSR count). The summed E-state index contributed by atoms with van der Waals surface area (Å²) in [6.07, 6.45) is -4.42. The van der Waals surface area contributed by atoms with Crippen LogP contribution >= 0.6 is 11.3 Å². The van der Waals surface area contributed by atoms with E-state index in [1.807, 2.05) is 17.5 Å². The van der Waals surface area contributed by atoms with E-state index in [4.69, 9.17) is 0 Å². The maximum atomic E-state index is 13.7. The molecule has 0 saturated heterocycles. The fraction of sp³-hybridized carbons (Fsp3) is 0.333. The van der Waals surface area contributed by atoms with E-state index in [0.717, 1.165) is 4.88 Å². The molecule has 1 N–H and O–H groups in total. The predicted molar refractivity (Wildman–Crippen MR) is 82.1 cm³/mol. The molecule has 23 heavy (non-hydrogen) atoms. The highest BCUT2D eigenvalue weighted by atomic mass is 32.1. The van der Waals surface area contributed by atoms with Crippen LogP contribution in [0.2, 0.25) is 0 Å². The van der Waals surface area contributed by atoms with Crippen molar-refractivity contribution in [1.82, 2.24) is 5.32 Å². The summed E-state index contributed by atoms with van der Waals surface area (Å²) in [7, 11) is 0. The van der Waals surface area contributed by atoms with Gasteiger partial charge in [-0.25, -0.2) is 0 Å². The van der Waals surface area contributed by atoms with Gasteiger partial charge in [0, 0.05) is 16.3 Å². The molecular formula is C15H15F3N2O2S. The highest BCUT2D eigenvalue weighted by molar-refractivity contribution is 7.09. The maximum Gasteiger partial charge on any atom is 0.417 e. The number of thiophene rings is 1. The van der Waals surface area contributed by atoms with E-state index >= 15 is 0 Å². The molecule has 0 radical (unpaired) electrons. The fourth-order valence-corrected chi connectivity index (χ4v) is 3.08. The van der Waals surface area contributed by atoms with Crippen molar-refractivity contribution in [2.24, 2.45) is 0 Å². The summed E-state index contributed by atoms with van der Waals surface area (Å²) in [5.74, 6) is 0. The van der Waals surface area contributed by atoms with Crippen molar-refractivity contribution in [3.8, 4) is 0 Å². The minimum atomic E-state index is -4.79. The van der Waals surface area contributed by atoms with Crippen molar-refractivity contribution in [2.75, 3.05) is 13.1 Å². The molecule has 0 saturated carbocycles. The van der Waals surface area contributed by atoms with Gasteiger partial charge in [-0.2, -0.15) is 13.2 Å². The number of nitrogens with one attached hydrogen (secondary N) is 1. The second kappa shape index (κ2) is 7.10. The Hall–Kier alpha value is -1.93. The Morgan fingerprint density at radius 3 is 2.35 bits per heavy atom. The van der Waals surface area contributed by atoms with Gasteiger partial charge in [-0.1, -0.05) is 36.4 Å². The standard InChI is InChI=1S/C15H15F3N2O2S/c16-15(17,18)14(11-20(21)22,12-5-2-1-3-6-12)19-9-8-13-7-4-10-23-13/h1-7,10,19H,8-9,11H2/t14-/m0/s1. The van der Waals surface area contributed by atoms with Gasteiger partial charge < -0.3 is 0 Å². The molecule has 1 heterocycles. The first kappa shape index (κ1) is 17.4. The van der Waals surface area contributed by atoms with E-state index in [1.165, 1.54) is 35.6 Å². The lowest BCUT2D eigenvalue weighted by atomic mass is 9.88. The smallest absolute Gasteiger partial charge is 0.294 e. The number of benzene rings is 1. The predicted octanol–water partition coefficient (Wildman–Crippen LogP) is 3.61. The van der Waals surface area contributed by atoms with E-state index in [1.54, 1.807) is 6.07 Å². The van der Waals surface area contributed by atoms with E-state index in [0.29, 0.717) is 6.42 Å². The van der Waals surface area contributed by atoms with E-state index in [9.17, 15) is 23.3 Å². The maximum absolute atomic E-state index is 13.7. The molecule has 0 bridgehead atoms. The van der Waals surface area contributed by atoms with Gasteiger partial charge in [0.2, 0.25) is 12.1 Å². The van der Waals surface area contributed by atoms with Crippen LogP contribution < -0.4 is 5.32 Å². The monoisotopic (exact) mass is 344 g/mol. The summed E-state index contributed by atoms with van der Waals surface area (Å²) in [6, 6.07) is 10.6. The van der Waals surface area contributed by atoms with E-state index in [2.05, 4.69) is 5.32 Å². The lowest BCUT2D eigenvalue weighted by molar-refractivity contribution is -0.504. The van der Waals surface area contributed by atoms with E-state index in [-0.39, 0.29) is 12.1 Å². The number of halogens is 3. The van der Waals surface area contributed by atoms with Crippen LogP contribution in [0.3, 0.4) is 0 Å². The van der Waals surface area contributed by atoms with Crippen LogP contribution in [0.15, 0.2) is 47.8 Å². The van der Waals surface area contributed by atoms with E-state index < -0.39 is 23.2 Å². The molecule has 124 valence electrons. The number of alkyl halides is 3. The van der Waals surface area contributed by atoms with Crippen molar-refractivity contribution in [2.45, 2.75) is 18.1 Å². The molecule has 0 spiro atoms. The van der Waals surface area contributed by atoms with Gasteiger partial charge in [0.1, 0.15) is 0 Å². The number of hydrogen-bond acceptors (Lipinski definition) is 4. The Labute approximate surface area is 135 Å². The number of nitro groups is 1. The second-order valence-corrected chi connectivity index (χ2v) is 6.05. The lowest BCUT2D eigenvalue weighted by Crippen LogP contribution is -2.58. The molecule has 0 aliphatic carbocycles. The highest BCUT2D eigenvalue weighted by Crippen LogP contribution is 2.39. The summed E-state index contributed by atoms with van der Waals surface area (Å²) < 4.78 is 41.2. The Morgan fingerprint density at radius 2 is 1.83 bits per heavy atom. The van der Waals surface area contributed by atoms with Gasteiger partial charge in [-0.15, -0.1) is 11.3 Å². The van der Waals surface area contributed by atoms with Crippen LogP contribution in [0.25, 0.3) is 0 Å². The third kappa shape index (κ3) is 4.08. The second-order valence-electron chi connectivity index (χ2n) is 5.02. The zero-order valence-electron chi connectivity index (χ0n) is 12.0. The van der Waals surface area contributed by atoms with Gasteiger partial charge in [-0.3, -0.25) is 15.4 Å². The number of rotatable bonds is 7. The minimum Gasteiger partial charge on any atom is -0.294 e. The Balaban J connectivity index is 2.30. The molecule has 1 aromatic carbocycles. The average Bonchev–Trinajstić information content (AvgIpc) is 2.98. The molecular weight excluding hydrogens is 329 g/mol. The summed E-state index contributed by atoms with van der Waals surface area (Å²) in [4.78, 5) is 10.9. The number of hydrogen-bond donors (Lipinski definition) is 1. The lowest BCUT2D eigenvalue weighted by Gasteiger charge is -2.33. The molecule has 0 aliphatic heterocycles. The molecule has 0 unspecified atom stereocenters. The molecule has 0 amide bonds. The molecule has 2 aromatic rings. The Kier molecular flexibility index (Phi) is 5.38. The van der Waals surface area contributed by atoms with Crippen molar-refractivity contribution >= 4 is 11.3 Å². The van der Waals surface area contributed by atoms with Gasteiger partial charge in [-0.05, 0) is 23.4 Å². The third-order valence-corrected chi connectivity index (χ3v) is 4.43. The molecule has 0 aliphatic rings. The Bertz CT molecular complexity index is 632. The van der Waals surface area contributed by atoms with Crippen molar-refractivity contribution in [3.05, 3.63) is 68.4 Å². The highest BCUT2D eigenvalue weighted by Gasteiger charge is 2.59. The van der Waals surface area contributed by atoms with Crippen LogP contribution in [-0.2, 0) is 12.0 Å². The van der Waals surface area contributed by atoms with Crippen LogP contribution in [0.4, 0.5) is 13.2 Å². The van der Waals surface area contributed by atoms with Gasteiger partial charge in [0.15, 0.2) is 0 Å². The van der Waals surface area contributed by atoms with Crippen LogP contribution in [0, 0.1) is 10.1 Å². The molecule has 1 atom stereocenters. The molecule has 0 fully saturated rings. The molecule has 4 nitrogen and oxygen atoms in total. The average molecular weight is 344 g/mol. The zero-order valence-corrected chi connectivity index (χ0v) is 12.9. The number of nitrogens with zero attached hydrogens (tertiary/aromatic N) is 1. The first-order valence-corrected chi connectivity index (χ1v) is 7.74. The first-order valence-electron chi connectivity index (χ1n) is 6.86. The normalized spacial score (nSPS) is 14.4. The third-order valence-electron chi connectivity index (χ3n) is 3.50. The van der Waals surface area contributed by atoms with Crippen LogP contribution in [0.5, 0.6) is 0 Å². The van der Waals surface area contributed by atoms with Crippen molar-refractivity contribution in [1.29, 1.82) is 0 Å². The molecule has 1 aromatic heterocycles. The summed E-state index contributed by atoms with van der Waals surface area (Å²) in [6.45, 7) is -1.27. The summed E-state index contributed by atoms with van der Waals surface area (Å²) >= 11 is 1.44. The van der Waals surface area contributed by atoms with Crippen LogP contribution in [0.1, 0.15) is 10.4 Å². The summed E-state index contributed by atoms with van der Waals surface area (Å²) in [5, 5.41) is 15.1. The molecule has 8 heteroatoms. The fourth-order valence-electron chi connectivity index (χ4n) is 2.37. The minimum absolute atomic E-state index is 0.0112. The zero-order chi connectivity index (χ0) is 16.9. The first-order chi connectivity index (χ1) is 10.8. The topological polar surface area (TPSA) is 55.2 Å². The Morgan fingerprint density at radius 1 is 1.13 bits per heavy atom. The summed E-state index contributed by atoms with van der Waals surface area (Å²) in [5.41, 5.74) is -2.86. The van der Waals surface area contributed by atoms with Crippen molar-refractivity contribution < 1.29 is 18.1 Å². The SMILES string of the molecule is O=[N+]([O-])C[C@](NCCc1cccs1)(c1ccccc1)C(F)(F)F. The quantitative estimate of drug-likeness (QED) is 0.617. The van der Waals surface area contributed by atoms with Crippen LogP contribution in [-0.4, -0.2) is 24.2 Å². The van der Waals surface area contributed by atoms with Gasteiger partial charge in [0.05, 0.1) is 0 Å². The van der Waals surface area contributed by atoms with Gasteiger partial charge >= 0.3 is 6.18 Å². The van der Waals surface area contributed by atoms with Crippen molar-refractivity contribution in [3.63, 3.8) is 0 Å². The van der Waals surface area contributed by atoms with Gasteiger partial charge in [0.25, 0.3) is 0 Å².